The fourth-order valence-electron chi connectivity index (χ4n) is 2.24. The Kier molecular flexibility index (Phi) is 4.26. The van der Waals surface area contributed by atoms with E-state index in [1.54, 1.807) is 24.5 Å². The van der Waals surface area contributed by atoms with Crippen LogP contribution in [0.15, 0.2) is 30.6 Å². The van der Waals surface area contributed by atoms with E-state index in [0.717, 1.165) is 17.7 Å². The normalized spacial score (nSPS) is 11.8. The van der Waals surface area contributed by atoms with Crippen LogP contribution in [0.25, 0.3) is 0 Å². The van der Waals surface area contributed by atoms with Gasteiger partial charge in [0.15, 0.2) is 0 Å². The van der Waals surface area contributed by atoms with Crippen LogP contribution < -0.4 is 0 Å². The van der Waals surface area contributed by atoms with Crippen LogP contribution in [-0.2, 0) is 4.79 Å². The van der Waals surface area contributed by atoms with E-state index in [9.17, 15) is 9.18 Å². The summed E-state index contributed by atoms with van der Waals surface area (Å²) in [6.07, 6.45) is 5.26. The van der Waals surface area contributed by atoms with Gasteiger partial charge in [-0.1, -0.05) is 6.07 Å². The molecule has 4 nitrogen and oxygen atoms in total. The molecule has 1 unspecified atom stereocenters. The summed E-state index contributed by atoms with van der Waals surface area (Å²) < 4.78 is 15.7. The minimum atomic E-state index is -0.543. The van der Waals surface area contributed by atoms with Gasteiger partial charge in [-0.3, -0.25) is 0 Å². The smallest absolute Gasteiger partial charge is 0.141 e. The van der Waals surface area contributed by atoms with E-state index in [1.165, 1.54) is 12.1 Å². The lowest BCUT2D eigenvalue weighted by atomic mass is 10.00. The van der Waals surface area contributed by atoms with Gasteiger partial charge in [-0.05, 0) is 31.0 Å². The van der Waals surface area contributed by atoms with Gasteiger partial charge in [0.1, 0.15) is 24.0 Å². The maximum atomic E-state index is 13.8. The highest BCUT2D eigenvalue weighted by Crippen LogP contribution is 2.26. The molecule has 0 radical (unpaired) electrons. The van der Waals surface area contributed by atoms with Crippen molar-refractivity contribution in [2.24, 2.45) is 0 Å². The molecule has 1 aromatic heterocycles. The highest BCUT2D eigenvalue weighted by molar-refractivity contribution is 5.49. The standard InChI is InChI=1S/C15H14FN3O/c1-11-18-6-7-19(11)15(3-2-8-20)12-4-5-13(10-17)14(16)9-12/h4-9,15H,2-3H2,1H3. The van der Waals surface area contributed by atoms with Crippen LogP contribution in [-0.4, -0.2) is 15.8 Å². The Morgan fingerprint density at radius 3 is 2.90 bits per heavy atom. The third-order valence-corrected chi connectivity index (χ3v) is 3.25. The molecular weight excluding hydrogens is 257 g/mol. The monoisotopic (exact) mass is 271 g/mol. The molecule has 2 aromatic rings. The summed E-state index contributed by atoms with van der Waals surface area (Å²) in [6, 6.07) is 6.17. The average molecular weight is 271 g/mol. The van der Waals surface area contributed by atoms with Gasteiger partial charge >= 0.3 is 0 Å². The number of benzene rings is 1. The maximum absolute atomic E-state index is 13.8. The molecule has 0 N–H and O–H groups in total. The molecular formula is C15H14FN3O. The fraction of sp³-hybridized carbons (Fsp3) is 0.267. The second kappa shape index (κ2) is 6.11. The first-order valence-corrected chi connectivity index (χ1v) is 6.30. The number of carbonyl (C=O) groups is 1. The Morgan fingerprint density at radius 1 is 1.55 bits per heavy atom. The number of nitrogens with zero attached hydrogens (tertiary/aromatic N) is 3. The van der Waals surface area contributed by atoms with Gasteiger partial charge in [0.2, 0.25) is 0 Å². The fourth-order valence-corrected chi connectivity index (χ4v) is 2.24. The van der Waals surface area contributed by atoms with Crippen LogP contribution >= 0.6 is 0 Å². The number of aryl methyl sites for hydroxylation is 1. The number of aromatic nitrogens is 2. The topological polar surface area (TPSA) is 58.7 Å². The highest BCUT2D eigenvalue weighted by Gasteiger charge is 2.16. The molecule has 0 fully saturated rings. The zero-order chi connectivity index (χ0) is 14.5. The van der Waals surface area contributed by atoms with Crippen molar-refractivity contribution in [3.63, 3.8) is 0 Å². The van der Waals surface area contributed by atoms with E-state index in [-0.39, 0.29) is 11.6 Å². The molecule has 0 aliphatic carbocycles. The van der Waals surface area contributed by atoms with Gasteiger partial charge in [-0.15, -0.1) is 0 Å². The molecule has 2 rings (SSSR count). The summed E-state index contributed by atoms with van der Waals surface area (Å²) in [5, 5.41) is 8.77. The Hall–Kier alpha value is -2.48. The lowest BCUT2D eigenvalue weighted by Crippen LogP contribution is -2.12. The van der Waals surface area contributed by atoms with Crippen molar-refractivity contribution in [2.45, 2.75) is 25.8 Å². The number of hydrogen-bond donors (Lipinski definition) is 0. The average Bonchev–Trinajstić information content (AvgIpc) is 2.86. The minimum Gasteiger partial charge on any atom is -0.328 e. The number of hydrogen-bond acceptors (Lipinski definition) is 3. The zero-order valence-electron chi connectivity index (χ0n) is 11.1. The van der Waals surface area contributed by atoms with E-state index in [2.05, 4.69) is 4.98 Å². The highest BCUT2D eigenvalue weighted by atomic mass is 19.1. The summed E-state index contributed by atoms with van der Waals surface area (Å²) in [5.41, 5.74) is 0.745. The van der Waals surface area contributed by atoms with Crippen LogP contribution in [0.3, 0.4) is 0 Å². The summed E-state index contributed by atoms with van der Waals surface area (Å²) in [7, 11) is 0. The van der Waals surface area contributed by atoms with Crippen LogP contribution in [0.5, 0.6) is 0 Å². The number of carbonyl (C=O) groups excluding carboxylic acids is 1. The first-order chi connectivity index (χ1) is 9.67. The van der Waals surface area contributed by atoms with Gasteiger partial charge in [0, 0.05) is 18.8 Å². The zero-order valence-corrected chi connectivity index (χ0v) is 11.1. The summed E-state index contributed by atoms with van der Waals surface area (Å²) in [4.78, 5) is 14.8. The Labute approximate surface area is 116 Å². The van der Waals surface area contributed by atoms with Crippen molar-refractivity contribution in [1.82, 2.24) is 9.55 Å². The molecule has 0 aliphatic rings. The second-order valence-electron chi connectivity index (χ2n) is 4.49. The van der Waals surface area contributed by atoms with Crippen molar-refractivity contribution in [1.29, 1.82) is 5.26 Å². The van der Waals surface area contributed by atoms with Crippen molar-refractivity contribution in [3.8, 4) is 6.07 Å². The molecule has 0 saturated carbocycles. The first-order valence-electron chi connectivity index (χ1n) is 6.30. The third-order valence-electron chi connectivity index (χ3n) is 3.25. The van der Waals surface area contributed by atoms with Crippen LogP contribution in [0.2, 0.25) is 0 Å². The van der Waals surface area contributed by atoms with Crippen molar-refractivity contribution in [3.05, 3.63) is 53.4 Å². The van der Waals surface area contributed by atoms with E-state index in [4.69, 9.17) is 5.26 Å². The van der Waals surface area contributed by atoms with Crippen molar-refractivity contribution < 1.29 is 9.18 Å². The van der Waals surface area contributed by atoms with Gasteiger partial charge in [0.25, 0.3) is 0 Å². The number of imidazole rings is 1. The van der Waals surface area contributed by atoms with Gasteiger partial charge in [0.05, 0.1) is 11.6 Å². The second-order valence-corrected chi connectivity index (χ2v) is 4.49. The van der Waals surface area contributed by atoms with Gasteiger partial charge in [-0.2, -0.15) is 5.26 Å². The predicted molar refractivity (Wildman–Crippen MR) is 71.5 cm³/mol. The molecule has 20 heavy (non-hydrogen) atoms. The Balaban J connectivity index is 2.41. The molecule has 0 amide bonds. The number of aldehydes is 1. The minimum absolute atomic E-state index is 0.0187. The largest absolute Gasteiger partial charge is 0.328 e. The SMILES string of the molecule is Cc1nccn1C(CCC=O)c1ccc(C#N)c(F)c1. The number of halogens is 1. The predicted octanol–water partition coefficient (Wildman–Crippen LogP) is 2.77. The molecule has 0 saturated heterocycles. The van der Waals surface area contributed by atoms with E-state index in [1.807, 2.05) is 11.5 Å². The van der Waals surface area contributed by atoms with E-state index < -0.39 is 5.82 Å². The molecule has 0 aliphatic heterocycles. The Bertz CT molecular complexity index is 657. The van der Waals surface area contributed by atoms with Crippen molar-refractivity contribution >= 4 is 6.29 Å². The van der Waals surface area contributed by atoms with Crippen molar-refractivity contribution in [2.75, 3.05) is 0 Å². The van der Waals surface area contributed by atoms with Crippen LogP contribution in [0.1, 0.15) is 35.8 Å². The molecule has 5 heteroatoms. The molecule has 102 valence electrons. The van der Waals surface area contributed by atoms with Gasteiger partial charge < -0.3 is 9.36 Å². The quantitative estimate of drug-likeness (QED) is 0.786. The number of rotatable bonds is 5. The lowest BCUT2D eigenvalue weighted by Gasteiger charge is -2.20. The molecule has 0 bridgehead atoms. The molecule has 0 spiro atoms. The molecule has 1 aromatic carbocycles. The summed E-state index contributed by atoms with van der Waals surface area (Å²) in [5.74, 6) is 0.254. The van der Waals surface area contributed by atoms with E-state index >= 15 is 0 Å². The number of nitriles is 1. The summed E-state index contributed by atoms with van der Waals surface area (Å²) >= 11 is 0. The molecule has 1 atom stereocenters. The third kappa shape index (κ3) is 2.75. The van der Waals surface area contributed by atoms with Gasteiger partial charge in [-0.25, -0.2) is 9.37 Å². The van der Waals surface area contributed by atoms with Crippen LogP contribution in [0.4, 0.5) is 4.39 Å². The van der Waals surface area contributed by atoms with E-state index in [0.29, 0.717) is 12.8 Å². The van der Waals surface area contributed by atoms with Crippen LogP contribution in [0, 0.1) is 24.1 Å². The molecule has 1 heterocycles. The lowest BCUT2D eigenvalue weighted by molar-refractivity contribution is -0.108. The first kappa shape index (κ1) is 13.9. The summed E-state index contributed by atoms with van der Waals surface area (Å²) in [6.45, 7) is 1.86. The Morgan fingerprint density at radius 2 is 2.35 bits per heavy atom. The maximum Gasteiger partial charge on any atom is 0.141 e.